The Morgan fingerprint density at radius 1 is 0.864 bits per heavy atom. The van der Waals surface area contributed by atoms with Crippen LogP contribution in [0.4, 0.5) is 0 Å². The minimum Gasteiger partial charge on any atom is -0.294 e. The number of nitrogens with zero attached hydrogens (tertiary/aromatic N) is 2. The summed E-state index contributed by atoms with van der Waals surface area (Å²) in [6, 6.07) is 19.4. The number of benzene rings is 2. The van der Waals surface area contributed by atoms with Gasteiger partial charge in [0.25, 0.3) is 0 Å². The Hall–Kier alpha value is -1.35. The molecule has 1 fully saturated rings. The fourth-order valence-electron chi connectivity index (χ4n) is 3.25. The summed E-state index contributed by atoms with van der Waals surface area (Å²) < 4.78 is 0. The Bertz CT molecular complexity index is 582. The molecule has 1 saturated heterocycles. The Morgan fingerprint density at radius 2 is 1.50 bits per heavy atom. The van der Waals surface area contributed by atoms with Crippen molar-refractivity contribution >= 4 is 11.6 Å². The van der Waals surface area contributed by atoms with Gasteiger partial charge in [0.15, 0.2) is 0 Å². The molecule has 0 bridgehead atoms. The number of rotatable bonds is 3. The second-order valence-electron chi connectivity index (χ2n) is 6.11. The standard InChI is InChI=1S/C19H23ClN2/c1-21-13-5-6-14-22(15-21)19(16-7-3-2-4-8-16)17-9-11-18(20)12-10-17/h2-4,7-12,19H,5-6,13-15H2,1H3/t19-/m1/s1. The fraction of sp³-hybridized carbons (Fsp3) is 0.368. The summed E-state index contributed by atoms with van der Waals surface area (Å²) in [5.41, 5.74) is 2.66. The minimum atomic E-state index is 0.291. The molecule has 1 heterocycles. The molecular formula is C19H23ClN2. The first-order chi connectivity index (χ1) is 10.7. The van der Waals surface area contributed by atoms with E-state index in [0.29, 0.717) is 6.04 Å². The quantitative estimate of drug-likeness (QED) is 0.827. The number of hydrogen-bond acceptors (Lipinski definition) is 2. The van der Waals surface area contributed by atoms with Gasteiger partial charge in [-0.25, -0.2) is 0 Å². The lowest BCUT2D eigenvalue weighted by molar-refractivity contribution is 0.148. The molecule has 1 atom stereocenters. The highest BCUT2D eigenvalue weighted by molar-refractivity contribution is 6.30. The molecule has 0 N–H and O–H groups in total. The van der Waals surface area contributed by atoms with E-state index in [1.54, 1.807) is 0 Å². The summed E-state index contributed by atoms with van der Waals surface area (Å²) in [4.78, 5) is 4.99. The highest BCUT2D eigenvalue weighted by atomic mass is 35.5. The third-order valence-corrected chi connectivity index (χ3v) is 4.58. The lowest BCUT2D eigenvalue weighted by atomic mass is 9.97. The van der Waals surface area contributed by atoms with Crippen LogP contribution in [0, 0.1) is 0 Å². The molecule has 1 aliphatic rings. The summed E-state index contributed by atoms with van der Waals surface area (Å²) in [6.07, 6.45) is 2.52. The van der Waals surface area contributed by atoms with Gasteiger partial charge in [0, 0.05) is 11.6 Å². The highest BCUT2D eigenvalue weighted by Gasteiger charge is 2.24. The lowest BCUT2D eigenvalue weighted by Crippen LogP contribution is -2.37. The molecule has 0 aromatic heterocycles. The van der Waals surface area contributed by atoms with Gasteiger partial charge >= 0.3 is 0 Å². The van der Waals surface area contributed by atoms with E-state index < -0.39 is 0 Å². The van der Waals surface area contributed by atoms with Crippen LogP contribution in [0.3, 0.4) is 0 Å². The molecule has 2 aromatic rings. The van der Waals surface area contributed by atoms with E-state index in [1.165, 1.54) is 30.5 Å². The first kappa shape index (κ1) is 15.5. The molecule has 3 heteroatoms. The molecule has 116 valence electrons. The van der Waals surface area contributed by atoms with Crippen molar-refractivity contribution in [2.45, 2.75) is 18.9 Å². The van der Waals surface area contributed by atoms with Crippen LogP contribution in [-0.2, 0) is 0 Å². The molecular weight excluding hydrogens is 292 g/mol. The van der Waals surface area contributed by atoms with Crippen LogP contribution < -0.4 is 0 Å². The fourth-order valence-corrected chi connectivity index (χ4v) is 3.38. The van der Waals surface area contributed by atoms with Gasteiger partial charge in [-0.1, -0.05) is 54.1 Å². The van der Waals surface area contributed by atoms with Crippen molar-refractivity contribution in [2.75, 3.05) is 26.8 Å². The molecule has 0 amide bonds. The summed E-state index contributed by atoms with van der Waals surface area (Å²) in [7, 11) is 2.21. The molecule has 22 heavy (non-hydrogen) atoms. The number of halogens is 1. The van der Waals surface area contributed by atoms with E-state index in [0.717, 1.165) is 18.2 Å². The zero-order valence-electron chi connectivity index (χ0n) is 13.1. The van der Waals surface area contributed by atoms with Crippen LogP contribution in [0.2, 0.25) is 5.02 Å². The van der Waals surface area contributed by atoms with Crippen LogP contribution in [0.1, 0.15) is 30.0 Å². The normalized spacial score (nSPS) is 18.8. The molecule has 0 unspecified atom stereocenters. The average molecular weight is 315 g/mol. The van der Waals surface area contributed by atoms with Gasteiger partial charge in [0.05, 0.1) is 12.7 Å². The SMILES string of the molecule is CN1CCCCN([C@H](c2ccccc2)c2ccc(Cl)cc2)C1. The lowest BCUT2D eigenvalue weighted by Gasteiger charge is -2.33. The van der Waals surface area contributed by atoms with E-state index in [2.05, 4.69) is 59.3 Å². The maximum atomic E-state index is 6.08. The van der Waals surface area contributed by atoms with Crippen LogP contribution in [-0.4, -0.2) is 36.6 Å². The Kier molecular flexibility index (Phi) is 5.14. The van der Waals surface area contributed by atoms with Crippen LogP contribution in [0.15, 0.2) is 54.6 Å². The molecule has 0 spiro atoms. The zero-order chi connectivity index (χ0) is 15.4. The van der Waals surface area contributed by atoms with Gasteiger partial charge in [0.1, 0.15) is 0 Å². The molecule has 1 aliphatic heterocycles. The van der Waals surface area contributed by atoms with Gasteiger partial charge in [0.2, 0.25) is 0 Å². The number of hydrogen-bond donors (Lipinski definition) is 0. The van der Waals surface area contributed by atoms with E-state index >= 15 is 0 Å². The van der Waals surface area contributed by atoms with Gasteiger partial charge in [-0.15, -0.1) is 0 Å². The Balaban J connectivity index is 1.97. The maximum absolute atomic E-state index is 6.08. The van der Waals surface area contributed by atoms with E-state index in [4.69, 9.17) is 11.6 Å². The van der Waals surface area contributed by atoms with Crippen molar-refractivity contribution in [3.05, 3.63) is 70.7 Å². The van der Waals surface area contributed by atoms with E-state index in [9.17, 15) is 0 Å². The van der Waals surface area contributed by atoms with Gasteiger partial charge in [-0.3, -0.25) is 9.80 Å². The average Bonchev–Trinajstić information content (AvgIpc) is 2.75. The topological polar surface area (TPSA) is 6.48 Å². The summed E-state index contributed by atoms with van der Waals surface area (Å²) in [6.45, 7) is 3.31. The van der Waals surface area contributed by atoms with Gasteiger partial charge in [-0.05, 0) is 49.7 Å². The van der Waals surface area contributed by atoms with Crippen molar-refractivity contribution < 1.29 is 0 Å². The van der Waals surface area contributed by atoms with Crippen LogP contribution >= 0.6 is 11.6 Å². The van der Waals surface area contributed by atoms with Gasteiger partial charge in [-0.2, -0.15) is 0 Å². The van der Waals surface area contributed by atoms with Crippen molar-refractivity contribution in [3.63, 3.8) is 0 Å². The molecule has 2 aromatic carbocycles. The molecule has 0 saturated carbocycles. The van der Waals surface area contributed by atoms with Crippen molar-refractivity contribution in [1.29, 1.82) is 0 Å². The first-order valence-electron chi connectivity index (χ1n) is 7.97. The van der Waals surface area contributed by atoms with Gasteiger partial charge < -0.3 is 0 Å². The largest absolute Gasteiger partial charge is 0.294 e. The van der Waals surface area contributed by atoms with Crippen molar-refractivity contribution in [2.24, 2.45) is 0 Å². The molecule has 0 radical (unpaired) electrons. The van der Waals surface area contributed by atoms with E-state index in [1.807, 2.05) is 12.1 Å². The monoisotopic (exact) mass is 314 g/mol. The van der Waals surface area contributed by atoms with Crippen molar-refractivity contribution in [3.8, 4) is 0 Å². The predicted molar refractivity (Wildman–Crippen MR) is 93.2 cm³/mol. The molecule has 3 rings (SSSR count). The molecule has 2 nitrogen and oxygen atoms in total. The van der Waals surface area contributed by atoms with Crippen molar-refractivity contribution in [1.82, 2.24) is 9.80 Å². The minimum absolute atomic E-state index is 0.291. The Morgan fingerprint density at radius 3 is 2.23 bits per heavy atom. The second kappa shape index (κ2) is 7.28. The third-order valence-electron chi connectivity index (χ3n) is 4.32. The summed E-state index contributed by atoms with van der Waals surface area (Å²) >= 11 is 6.08. The highest BCUT2D eigenvalue weighted by Crippen LogP contribution is 2.30. The summed E-state index contributed by atoms with van der Waals surface area (Å²) in [5, 5.41) is 0.795. The zero-order valence-corrected chi connectivity index (χ0v) is 13.8. The maximum Gasteiger partial charge on any atom is 0.0613 e. The first-order valence-corrected chi connectivity index (χ1v) is 8.35. The second-order valence-corrected chi connectivity index (χ2v) is 6.54. The third kappa shape index (κ3) is 3.70. The predicted octanol–water partition coefficient (Wildman–Crippen LogP) is 4.41. The Labute approximate surface area is 138 Å². The van der Waals surface area contributed by atoms with Crippen LogP contribution in [0.5, 0.6) is 0 Å². The smallest absolute Gasteiger partial charge is 0.0613 e. The van der Waals surface area contributed by atoms with E-state index in [-0.39, 0.29) is 0 Å². The van der Waals surface area contributed by atoms with Crippen LogP contribution in [0.25, 0.3) is 0 Å². The summed E-state index contributed by atoms with van der Waals surface area (Å²) in [5.74, 6) is 0. The molecule has 0 aliphatic carbocycles.